The Morgan fingerprint density at radius 3 is 2.38 bits per heavy atom. The molecule has 0 spiro atoms. The summed E-state index contributed by atoms with van der Waals surface area (Å²) in [6.07, 6.45) is 0. The van der Waals surface area contributed by atoms with Gasteiger partial charge in [-0.2, -0.15) is 5.26 Å². The van der Waals surface area contributed by atoms with Gasteiger partial charge in [-0.15, -0.1) is 0 Å². The van der Waals surface area contributed by atoms with E-state index in [1.54, 1.807) is 0 Å². The number of aromatic nitrogens is 1. The monoisotopic (exact) mass is 507 g/mol. The molecule has 0 radical (unpaired) electrons. The molecule has 0 aliphatic rings. The fourth-order valence-corrected chi connectivity index (χ4v) is 4.81. The van der Waals surface area contributed by atoms with Crippen LogP contribution in [0.1, 0.15) is 30.5 Å². The standard InChI is InChI=1S/C31H29N3O2S/c1-5-36-26-15-12-24(13-16-26)29-18-27(23-9-7-6-8-10-23)28(19-32)31(34-29)37-22(4)30(35)33-25-14-11-20(2)21(3)17-25/h6-18,22H,5H2,1-4H3,(H,33,35)/t22-/m0/s1. The van der Waals surface area contributed by atoms with Gasteiger partial charge in [-0.05, 0) is 86.8 Å². The second kappa shape index (κ2) is 11.8. The molecule has 0 aliphatic heterocycles. The third-order valence-corrected chi connectivity index (χ3v) is 7.16. The van der Waals surface area contributed by atoms with Gasteiger partial charge >= 0.3 is 0 Å². The molecule has 0 saturated heterocycles. The van der Waals surface area contributed by atoms with Crippen LogP contribution in [-0.4, -0.2) is 22.7 Å². The Hall–Kier alpha value is -4.08. The van der Waals surface area contributed by atoms with Crippen molar-refractivity contribution in [3.63, 3.8) is 0 Å². The molecule has 6 heteroatoms. The highest BCUT2D eigenvalue weighted by Gasteiger charge is 2.21. The van der Waals surface area contributed by atoms with Crippen molar-refractivity contribution >= 4 is 23.4 Å². The third kappa shape index (κ3) is 6.19. The van der Waals surface area contributed by atoms with E-state index in [0.29, 0.717) is 17.2 Å². The number of nitriles is 1. The SMILES string of the molecule is CCOc1ccc(-c2cc(-c3ccccc3)c(C#N)c(S[C@@H](C)C(=O)Nc3ccc(C)c(C)c3)n2)cc1. The number of aryl methyl sites for hydroxylation is 2. The van der Waals surface area contributed by atoms with Crippen molar-refractivity contribution in [2.45, 2.75) is 38.0 Å². The molecule has 0 bridgehead atoms. The molecule has 3 aromatic carbocycles. The second-order valence-corrected chi connectivity index (χ2v) is 10.0. The minimum absolute atomic E-state index is 0.147. The Morgan fingerprint density at radius 2 is 1.73 bits per heavy atom. The maximum absolute atomic E-state index is 13.1. The number of rotatable bonds is 8. The van der Waals surface area contributed by atoms with Gasteiger partial charge in [0.05, 0.1) is 23.1 Å². The van der Waals surface area contributed by atoms with Crippen molar-refractivity contribution in [3.8, 4) is 34.2 Å². The zero-order valence-electron chi connectivity index (χ0n) is 21.4. The molecular formula is C31H29N3O2S. The van der Waals surface area contributed by atoms with Crippen LogP contribution in [0.3, 0.4) is 0 Å². The first-order valence-electron chi connectivity index (χ1n) is 12.2. The third-order valence-electron chi connectivity index (χ3n) is 6.08. The van der Waals surface area contributed by atoms with Crippen molar-refractivity contribution in [2.24, 2.45) is 0 Å². The van der Waals surface area contributed by atoms with Crippen LogP contribution < -0.4 is 10.1 Å². The molecule has 1 atom stereocenters. The first-order chi connectivity index (χ1) is 17.9. The van der Waals surface area contributed by atoms with Gasteiger partial charge in [-0.1, -0.05) is 48.2 Å². The van der Waals surface area contributed by atoms with E-state index in [1.807, 2.05) is 107 Å². The largest absolute Gasteiger partial charge is 0.494 e. The number of pyridine rings is 1. The lowest BCUT2D eigenvalue weighted by atomic mass is 9.99. The second-order valence-electron chi connectivity index (χ2n) is 8.72. The molecule has 0 saturated carbocycles. The number of hydrogen-bond donors (Lipinski definition) is 1. The van der Waals surface area contributed by atoms with Crippen molar-refractivity contribution in [2.75, 3.05) is 11.9 Å². The molecule has 186 valence electrons. The maximum atomic E-state index is 13.1. The summed E-state index contributed by atoms with van der Waals surface area (Å²) in [5.74, 6) is 0.640. The Morgan fingerprint density at radius 1 is 1.00 bits per heavy atom. The predicted octanol–water partition coefficient (Wildman–Crippen LogP) is 7.42. The van der Waals surface area contributed by atoms with Crippen LogP contribution >= 0.6 is 11.8 Å². The van der Waals surface area contributed by atoms with Crippen molar-refractivity contribution < 1.29 is 9.53 Å². The van der Waals surface area contributed by atoms with E-state index in [0.717, 1.165) is 39.4 Å². The number of ether oxygens (including phenoxy) is 1. The first-order valence-corrected chi connectivity index (χ1v) is 13.1. The van der Waals surface area contributed by atoms with E-state index in [2.05, 4.69) is 11.4 Å². The summed E-state index contributed by atoms with van der Waals surface area (Å²) in [6, 6.07) is 27.6. The normalized spacial score (nSPS) is 11.4. The van der Waals surface area contributed by atoms with Gasteiger partial charge in [0.25, 0.3) is 0 Å². The van der Waals surface area contributed by atoms with E-state index in [1.165, 1.54) is 17.3 Å². The number of nitrogens with one attached hydrogen (secondary N) is 1. The highest BCUT2D eigenvalue weighted by Crippen LogP contribution is 2.36. The summed E-state index contributed by atoms with van der Waals surface area (Å²) in [5.41, 5.74) is 6.82. The van der Waals surface area contributed by atoms with E-state index in [4.69, 9.17) is 9.72 Å². The lowest BCUT2D eigenvalue weighted by Gasteiger charge is -2.16. The van der Waals surface area contributed by atoms with Crippen molar-refractivity contribution in [1.82, 2.24) is 4.98 Å². The summed E-state index contributed by atoms with van der Waals surface area (Å²) in [7, 11) is 0. The van der Waals surface area contributed by atoms with E-state index >= 15 is 0 Å². The predicted molar refractivity (Wildman–Crippen MR) is 151 cm³/mol. The van der Waals surface area contributed by atoms with E-state index < -0.39 is 5.25 Å². The number of carbonyl (C=O) groups is 1. The number of carbonyl (C=O) groups excluding carboxylic acids is 1. The summed E-state index contributed by atoms with van der Waals surface area (Å²) < 4.78 is 5.58. The summed E-state index contributed by atoms with van der Waals surface area (Å²) >= 11 is 1.29. The summed E-state index contributed by atoms with van der Waals surface area (Å²) in [4.78, 5) is 17.9. The smallest absolute Gasteiger partial charge is 0.237 e. The average Bonchev–Trinajstić information content (AvgIpc) is 2.91. The molecule has 1 aromatic heterocycles. The van der Waals surface area contributed by atoms with Crippen molar-refractivity contribution in [3.05, 3.63) is 95.6 Å². The molecule has 5 nitrogen and oxygen atoms in total. The number of hydrogen-bond acceptors (Lipinski definition) is 5. The molecule has 0 aliphatic carbocycles. The van der Waals surface area contributed by atoms with Gasteiger partial charge in [0.2, 0.25) is 5.91 Å². The molecule has 1 heterocycles. The van der Waals surface area contributed by atoms with Crippen LogP contribution in [-0.2, 0) is 4.79 Å². The van der Waals surface area contributed by atoms with Crippen LogP contribution in [0.25, 0.3) is 22.4 Å². The number of anilines is 1. The van der Waals surface area contributed by atoms with Gasteiger partial charge in [0.15, 0.2) is 0 Å². The topological polar surface area (TPSA) is 75.0 Å². The first kappa shape index (κ1) is 26.0. The highest BCUT2D eigenvalue weighted by molar-refractivity contribution is 8.00. The number of amides is 1. The van der Waals surface area contributed by atoms with Crippen LogP contribution in [0, 0.1) is 25.2 Å². The molecule has 1 N–H and O–H groups in total. The molecule has 0 unspecified atom stereocenters. The Labute approximate surface area is 222 Å². The van der Waals surface area contributed by atoms with Gasteiger partial charge < -0.3 is 10.1 Å². The number of thioether (sulfide) groups is 1. The fourth-order valence-electron chi connectivity index (χ4n) is 3.88. The summed E-state index contributed by atoms with van der Waals surface area (Å²) in [6.45, 7) is 8.42. The van der Waals surface area contributed by atoms with Crippen molar-refractivity contribution in [1.29, 1.82) is 5.26 Å². The molecule has 4 aromatic rings. The lowest BCUT2D eigenvalue weighted by Crippen LogP contribution is -2.22. The summed E-state index contributed by atoms with van der Waals surface area (Å²) in [5, 5.41) is 13.2. The minimum Gasteiger partial charge on any atom is -0.494 e. The molecular weight excluding hydrogens is 478 g/mol. The van der Waals surface area contributed by atoms with Gasteiger partial charge in [-0.25, -0.2) is 4.98 Å². The number of benzene rings is 3. The molecule has 0 fully saturated rings. The molecule has 1 amide bonds. The van der Waals surface area contributed by atoms with Gasteiger partial charge in [0, 0.05) is 16.8 Å². The molecule has 37 heavy (non-hydrogen) atoms. The van der Waals surface area contributed by atoms with Crippen LogP contribution in [0.15, 0.2) is 83.9 Å². The fraction of sp³-hybridized carbons (Fsp3) is 0.194. The molecule has 4 rings (SSSR count). The zero-order valence-corrected chi connectivity index (χ0v) is 22.2. The minimum atomic E-state index is -0.472. The lowest BCUT2D eigenvalue weighted by molar-refractivity contribution is -0.115. The van der Waals surface area contributed by atoms with Crippen LogP contribution in [0.4, 0.5) is 5.69 Å². The van der Waals surface area contributed by atoms with Gasteiger partial charge in [-0.3, -0.25) is 4.79 Å². The zero-order chi connectivity index (χ0) is 26.4. The van der Waals surface area contributed by atoms with Gasteiger partial charge in [0.1, 0.15) is 16.8 Å². The van der Waals surface area contributed by atoms with E-state index in [-0.39, 0.29) is 5.91 Å². The van der Waals surface area contributed by atoms with Crippen LogP contribution in [0.2, 0.25) is 0 Å². The van der Waals surface area contributed by atoms with E-state index in [9.17, 15) is 10.1 Å². The van der Waals surface area contributed by atoms with Crippen LogP contribution in [0.5, 0.6) is 5.75 Å². The quantitative estimate of drug-likeness (QED) is 0.251. The Kier molecular flexibility index (Phi) is 8.27. The maximum Gasteiger partial charge on any atom is 0.237 e. The Bertz CT molecular complexity index is 1440. The average molecular weight is 508 g/mol. The number of nitrogens with zero attached hydrogens (tertiary/aromatic N) is 2. The highest BCUT2D eigenvalue weighted by atomic mass is 32.2. The Balaban J connectivity index is 1.70.